The van der Waals surface area contributed by atoms with Gasteiger partial charge in [-0.1, -0.05) is 0 Å². The average Bonchev–Trinajstić information content (AvgIpc) is 2.46. The second-order valence-electron chi connectivity index (χ2n) is 4.02. The molecule has 0 aromatic heterocycles. The van der Waals surface area contributed by atoms with Gasteiger partial charge in [-0.25, -0.2) is 0 Å². The Labute approximate surface area is 121 Å². The van der Waals surface area contributed by atoms with Crippen LogP contribution in [-0.4, -0.2) is 25.2 Å². The molecule has 2 rings (SSSR count). The van der Waals surface area contributed by atoms with E-state index in [0.29, 0.717) is 11.4 Å². The maximum absolute atomic E-state index is 10.9. The van der Waals surface area contributed by atoms with Crippen LogP contribution in [0.3, 0.4) is 0 Å². The van der Waals surface area contributed by atoms with Crippen LogP contribution in [0, 0.1) is 0 Å². The zero-order valence-electron chi connectivity index (χ0n) is 11.0. The normalized spacial score (nSPS) is 11.7. The maximum atomic E-state index is 10.9. The molecule has 21 heavy (non-hydrogen) atoms. The lowest BCUT2D eigenvalue weighted by molar-refractivity contribution is 0.412. The number of nitrogens with zero attached hydrogens (tertiary/aromatic N) is 2. The Morgan fingerprint density at radius 3 is 2.29 bits per heavy atom. The molecule has 0 heterocycles. The van der Waals surface area contributed by atoms with Crippen LogP contribution < -0.4 is 4.74 Å². The van der Waals surface area contributed by atoms with Crippen LogP contribution in [0.5, 0.6) is 11.5 Å². The Hall–Kier alpha value is -2.45. The molecule has 0 saturated heterocycles. The Morgan fingerprint density at radius 2 is 1.71 bits per heavy atom. The molecule has 0 radical (unpaired) electrons. The summed E-state index contributed by atoms with van der Waals surface area (Å²) in [4.78, 5) is -0.231. The van der Waals surface area contributed by atoms with Crippen molar-refractivity contribution in [3.8, 4) is 11.5 Å². The first kappa shape index (κ1) is 14.9. The van der Waals surface area contributed by atoms with Crippen molar-refractivity contribution < 1.29 is 22.8 Å². The summed E-state index contributed by atoms with van der Waals surface area (Å²) in [5.41, 5.74) is 0.581. The lowest BCUT2D eigenvalue weighted by atomic mass is 10.3. The van der Waals surface area contributed by atoms with Crippen molar-refractivity contribution in [1.82, 2.24) is 0 Å². The SMILES string of the molecule is COc1ccc(O)c(N=Nc2ccc(S(=O)(=O)O)cc2)c1. The molecule has 8 heteroatoms. The summed E-state index contributed by atoms with van der Waals surface area (Å²) in [5.74, 6) is 0.456. The number of ether oxygens (including phenoxy) is 1. The first-order chi connectivity index (χ1) is 9.90. The summed E-state index contributed by atoms with van der Waals surface area (Å²) in [6.07, 6.45) is 0. The van der Waals surface area contributed by atoms with Gasteiger partial charge in [0.15, 0.2) is 0 Å². The molecule has 7 nitrogen and oxygen atoms in total. The minimum absolute atomic E-state index is 0.0610. The van der Waals surface area contributed by atoms with Crippen molar-refractivity contribution in [3.05, 3.63) is 42.5 Å². The predicted octanol–water partition coefficient (Wildman–Crippen LogP) is 3.06. The summed E-state index contributed by atoms with van der Waals surface area (Å²) in [5, 5.41) is 17.4. The molecule has 0 atom stereocenters. The van der Waals surface area contributed by atoms with Gasteiger partial charge in [0, 0.05) is 6.07 Å². The van der Waals surface area contributed by atoms with Gasteiger partial charge >= 0.3 is 0 Å². The number of methoxy groups -OCH3 is 1. The molecule has 0 fully saturated rings. The third kappa shape index (κ3) is 3.77. The minimum atomic E-state index is -4.23. The van der Waals surface area contributed by atoms with Gasteiger partial charge in [-0.05, 0) is 36.4 Å². The van der Waals surface area contributed by atoms with Gasteiger partial charge < -0.3 is 9.84 Å². The fourth-order valence-electron chi connectivity index (χ4n) is 1.51. The van der Waals surface area contributed by atoms with E-state index in [9.17, 15) is 13.5 Å². The first-order valence-electron chi connectivity index (χ1n) is 5.76. The molecule has 0 aliphatic carbocycles. The van der Waals surface area contributed by atoms with Gasteiger partial charge in [-0.15, -0.1) is 5.11 Å². The van der Waals surface area contributed by atoms with Gasteiger partial charge in [0.05, 0.1) is 17.7 Å². The molecule has 2 aromatic rings. The molecule has 0 aliphatic heterocycles. The van der Waals surface area contributed by atoms with E-state index in [1.807, 2.05) is 0 Å². The zero-order chi connectivity index (χ0) is 15.5. The van der Waals surface area contributed by atoms with Gasteiger partial charge in [-0.3, -0.25) is 4.55 Å². The Morgan fingerprint density at radius 1 is 1.05 bits per heavy atom. The highest BCUT2D eigenvalue weighted by molar-refractivity contribution is 7.85. The Bertz CT molecular complexity index is 770. The number of aromatic hydroxyl groups is 1. The summed E-state index contributed by atoms with van der Waals surface area (Å²) in [6.45, 7) is 0. The summed E-state index contributed by atoms with van der Waals surface area (Å²) < 4.78 is 35.6. The van der Waals surface area contributed by atoms with E-state index in [1.54, 1.807) is 6.07 Å². The molecule has 2 N–H and O–H groups in total. The molecule has 0 spiro atoms. The molecule has 2 aromatic carbocycles. The van der Waals surface area contributed by atoms with E-state index in [0.717, 1.165) is 0 Å². The molecule has 0 unspecified atom stereocenters. The highest BCUT2D eigenvalue weighted by atomic mass is 32.2. The van der Waals surface area contributed by atoms with Crippen LogP contribution in [0.1, 0.15) is 0 Å². The van der Waals surface area contributed by atoms with Gasteiger partial charge in [0.1, 0.15) is 17.2 Å². The van der Waals surface area contributed by atoms with Crippen molar-refractivity contribution >= 4 is 21.5 Å². The number of rotatable bonds is 4. The van der Waals surface area contributed by atoms with Crippen LogP contribution in [0.4, 0.5) is 11.4 Å². The lowest BCUT2D eigenvalue weighted by Gasteiger charge is -2.02. The molecule has 0 saturated carbocycles. The van der Waals surface area contributed by atoms with Crippen molar-refractivity contribution in [2.45, 2.75) is 4.90 Å². The highest BCUT2D eigenvalue weighted by Gasteiger charge is 2.08. The van der Waals surface area contributed by atoms with E-state index in [2.05, 4.69) is 10.2 Å². The average molecular weight is 308 g/mol. The third-order valence-corrected chi connectivity index (χ3v) is 3.46. The second kappa shape index (κ2) is 5.90. The van der Waals surface area contributed by atoms with Crippen molar-refractivity contribution in [1.29, 1.82) is 0 Å². The summed E-state index contributed by atoms with van der Waals surface area (Å²) in [7, 11) is -2.74. The van der Waals surface area contributed by atoms with Crippen molar-refractivity contribution in [3.63, 3.8) is 0 Å². The van der Waals surface area contributed by atoms with E-state index >= 15 is 0 Å². The van der Waals surface area contributed by atoms with Gasteiger partial charge in [0.2, 0.25) is 0 Å². The largest absolute Gasteiger partial charge is 0.506 e. The van der Waals surface area contributed by atoms with Crippen LogP contribution in [0.15, 0.2) is 57.6 Å². The maximum Gasteiger partial charge on any atom is 0.294 e. The molecule has 0 bridgehead atoms. The predicted molar refractivity (Wildman–Crippen MR) is 75.1 cm³/mol. The van der Waals surface area contributed by atoms with E-state index in [-0.39, 0.29) is 16.3 Å². The lowest BCUT2D eigenvalue weighted by Crippen LogP contribution is -1.96. The number of phenolic OH excluding ortho intramolecular Hbond substituents is 1. The number of hydrogen-bond acceptors (Lipinski definition) is 6. The van der Waals surface area contributed by atoms with Crippen LogP contribution >= 0.6 is 0 Å². The van der Waals surface area contributed by atoms with Gasteiger partial charge in [-0.2, -0.15) is 13.5 Å². The molecule has 110 valence electrons. The van der Waals surface area contributed by atoms with Crippen molar-refractivity contribution in [2.24, 2.45) is 10.2 Å². The minimum Gasteiger partial charge on any atom is -0.506 e. The van der Waals surface area contributed by atoms with Crippen LogP contribution in [-0.2, 0) is 10.1 Å². The fraction of sp³-hybridized carbons (Fsp3) is 0.0769. The van der Waals surface area contributed by atoms with E-state index < -0.39 is 10.1 Å². The summed E-state index contributed by atoms with van der Waals surface area (Å²) >= 11 is 0. The second-order valence-corrected chi connectivity index (χ2v) is 5.45. The number of benzene rings is 2. The molecule has 0 amide bonds. The molecule has 0 aliphatic rings. The molecular weight excluding hydrogens is 296 g/mol. The number of hydrogen-bond donors (Lipinski definition) is 2. The fourth-order valence-corrected chi connectivity index (χ4v) is 1.99. The van der Waals surface area contributed by atoms with Gasteiger partial charge in [0.25, 0.3) is 10.1 Å². The number of azo groups is 1. The monoisotopic (exact) mass is 308 g/mol. The van der Waals surface area contributed by atoms with Crippen molar-refractivity contribution in [2.75, 3.05) is 7.11 Å². The quantitative estimate of drug-likeness (QED) is 0.666. The van der Waals surface area contributed by atoms with E-state index in [4.69, 9.17) is 9.29 Å². The highest BCUT2D eigenvalue weighted by Crippen LogP contribution is 2.31. The third-order valence-electron chi connectivity index (χ3n) is 2.59. The summed E-state index contributed by atoms with van der Waals surface area (Å²) in [6, 6.07) is 9.67. The molecular formula is C13H12N2O5S. The topological polar surface area (TPSA) is 109 Å². The van der Waals surface area contributed by atoms with Crippen LogP contribution in [0.2, 0.25) is 0 Å². The smallest absolute Gasteiger partial charge is 0.294 e. The zero-order valence-corrected chi connectivity index (χ0v) is 11.8. The van der Waals surface area contributed by atoms with E-state index in [1.165, 1.54) is 43.5 Å². The van der Waals surface area contributed by atoms with Crippen LogP contribution in [0.25, 0.3) is 0 Å². The Balaban J connectivity index is 2.25. The first-order valence-corrected chi connectivity index (χ1v) is 7.20. The number of phenols is 1. The Kier molecular flexibility index (Phi) is 4.20. The standard InChI is InChI=1S/C13H12N2O5S/c1-20-10-4-7-13(16)12(8-10)15-14-9-2-5-11(6-3-9)21(17,18)19/h2-8,16H,1H3,(H,17,18,19).